The number of amides is 5. The van der Waals surface area contributed by atoms with Gasteiger partial charge in [-0.1, -0.05) is 66.2 Å². The van der Waals surface area contributed by atoms with Crippen LogP contribution in [0.4, 0.5) is 0 Å². The number of ether oxygens (including phenoxy) is 2. The normalized spacial score (nSPS) is 18.8. The molecule has 0 aliphatic carbocycles. The number of carbonyl (C=O) groups excluding carboxylic acids is 6. The molecule has 3 aliphatic rings. The van der Waals surface area contributed by atoms with Crippen molar-refractivity contribution in [1.82, 2.24) is 35.6 Å². The van der Waals surface area contributed by atoms with E-state index in [-0.39, 0.29) is 48.8 Å². The lowest BCUT2D eigenvalue weighted by molar-refractivity contribution is -0.173. The van der Waals surface area contributed by atoms with Gasteiger partial charge in [0, 0.05) is 46.1 Å². The Balaban J connectivity index is 0.849. The molecule has 8 rings (SSSR count). The molecule has 3 aromatic carbocycles. The molecule has 5 heterocycles. The number of imide groups is 1. The number of piperidine rings is 1. The number of carbonyl (C=O) groups is 6. The minimum Gasteiger partial charge on any atom is -0.483 e. The molecule has 0 radical (unpaired) electrons. The molecule has 0 spiro atoms. The van der Waals surface area contributed by atoms with E-state index in [1.54, 1.807) is 41.7 Å². The first-order valence-corrected chi connectivity index (χ1v) is 22.2. The quantitative estimate of drug-likeness (QED) is 0.0490. The van der Waals surface area contributed by atoms with Crippen LogP contribution in [-0.2, 0) is 35.3 Å². The van der Waals surface area contributed by atoms with Crippen molar-refractivity contribution in [2.75, 3.05) is 19.7 Å². The number of halogens is 1. The van der Waals surface area contributed by atoms with Gasteiger partial charge in [-0.2, -0.15) is 0 Å². The van der Waals surface area contributed by atoms with Crippen LogP contribution in [0.25, 0.3) is 5.00 Å². The third-order valence-electron chi connectivity index (χ3n) is 11.7. The van der Waals surface area contributed by atoms with Crippen molar-refractivity contribution >= 4 is 64.2 Å². The molecule has 336 valence electrons. The summed E-state index contributed by atoms with van der Waals surface area (Å²) in [5.41, 5.74) is 1.83. The maximum absolute atomic E-state index is 14.1. The van der Waals surface area contributed by atoms with Crippen LogP contribution in [-0.4, -0.2) is 91.2 Å². The monoisotopic (exact) mass is 920 g/mol. The van der Waals surface area contributed by atoms with Crippen molar-refractivity contribution in [2.45, 2.75) is 77.3 Å². The van der Waals surface area contributed by atoms with Crippen molar-refractivity contribution in [3.63, 3.8) is 0 Å². The number of aliphatic imine (C=N–C) groups is 1. The lowest BCUT2D eigenvalue weighted by Gasteiger charge is -2.41. The van der Waals surface area contributed by atoms with Gasteiger partial charge in [0.1, 0.15) is 29.2 Å². The summed E-state index contributed by atoms with van der Waals surface area (Å²) >= 11 is 7.86. The van der Waals surface area contributed by atoms with Crippen LogP contribution in [0.15, 0.2) is 77.8 Å². The smallest absolute Gasteiger partial charge is 0.342 e. The predicted octanol–water partition coefficient (Wildman–Crippen LogP) is 4.65. The first-order chi connectivity index (χ1) is 31.3. The van der Waals surface area contributed by atoms with E-state index in [1.165, 1.54) is 18.2 Å². The lowest BCUT2D eigenvalue weighted by atomic mass is 9.86. The maximum atomic E-state index is 14.1. The highest BCUT2D eigenvalue weighted by atomic mass is 35.5. The van der Waals surface area contributed by atoms with Crippen LogP contribution >= 0.6 is 22.9 Å². The zero-order valence-electron chi connectivity index (χ0n) is 35.7. The Hall–Kier alpha value is -6.76. The number of aryl methyl sites for hydroxylation is 2. The minimum absolute atomic E-state index is 0.0307. The van der Waals surface area contributed by atoms with Crippen molar-refractivity contribution in [3.05, 3.63) is 128 Å². The molecule has 1 unspecified atom stereocenters. The Morgan fingerprint density at radius 3 is 2.37 bits per heavy atom. The van der Waals surface area contributed by atoms with E-state index >= 15 is 0 Å². The van der Waals surface area contributed by atoms with E-state index in [0.29, 0.717) is 41.6 Å². The van der Waals surface area contributed by atoms with Crippen molar-refractivity contribution in [2.24, 2.45) is 4.99 Å². The number of esters is 1. The molecule has 19 heteroatoms. The molecule has 3 atom stereocenters. The second kappa shape index (κ2) is 18.8. The SMILES string of the molecule is Cc1sc2c(c1C)C(c1ccc(Cl)cc1)=N[C@@H](CC(=O)NCCCCNC(=O)COc1cccc3c1C(=O)N([C@@]1(C(=O)OCc4ccccc4)CCC(=O)NC1=O)C3O)c1nnc(C)n1-2. The van der Waals surface area contributed by atoms with E-state index in [2.05, 4.69) is 40.0 Å². The van der Waals surface area contributed by atoms with Gasteiger partial charge in [0.2, 0.25) is 17.4 Å². The number of hydrogen-bond acceptors (Lipinski definition) is 13. The summed E-state index contributed by atoms with van der Waals surface area (Å²) < 4.78 is 13.3. The molecule has 5 aromatic rings. The summed E-state index contributed by atoms with van der Waals surface area (Å²) in [5, 5.41) is 29.7. The Morgan fingerprint density at radius 2 is 1.65 bits per heavy atom. The van der Waals surface area contributed by atoms with Crippen LogP contribution in [0.1, 0.15) is 99.1 Å². The third-order valence-corrected chi connectivity index (χ3v) is 13.1. The maximum Gasteiger partial charge on any atom is 0.342 e. The second-order valence-electron chi connectivity index (χ2n) is 15.9. The molecule has 4 N–H and O–H groups in total. The molecule has 1 saturated heterocycles. The Labute approximate surface area is 382 Å². The van der Waals surface area contributed by atoms with Gasteiger partial charge in [-0.3, -0.25) is 43.7 Å². The lowest BCUT2D eigenvalue weighted by Crippen LogP contribution is -2.68. The summed E-state index contributed by atoms with van der Waals surface area (Å²) in [7, 11) is 0. The van der Waals surface area contributed by atoms with Gasteiger partial charge in [-0.15, -0.1) is 21.5 Å². The largest absolute Gasteiger partial charge is 0.483 e. The van der Waals surface area contributed by atoms with Crippen molar-refractivity contribution in [1.29, 1.82) is 0 Å². The van der Waals surface area contributed by atoms with Gasteiger partial charge in [0.05, 0.1) is 17.7 Å². The summed E-state index contributed by atoms with van der Waals surface area (Å²) in [6.07, 6.45) is -1.40. The molecular weight excluding hydrogens is 876 g/mol. The number of unbranched alkanes of at least 4 members (excludes halogenated alkanes) is 1. The fraction of sp³-hybridized carbons (Fsp3) is 0.326. The van der Waals surface area contributed by atoms with Crippen LogP contribution in [0.3, 0.4) is 0 Å². The highest BCUT2D eigenvalue weighted by molar-refractivity contribution is 7.15. The van der Waals surface area contributed by atoms with Crippen molar-refractivity contribution < 1.29 is 43.3 Å². The van der Waals surface area contributed by atoms with Gasteiger partial charge in [0.15, 0.2) is 18.7 Å². The molecule has 3 aliphatic heterocycles. The molecule has 1 fully saturated rings. The van der Waals surface area contributed by atoms with E-state index in [9.17, 15) is 33.9 Å². The van der Waals surface area contributed by atoms with Gasteiger partial charge in [0.25, 0.3) is 17.7 Å². The number of nitrogens with zero attached hydrogens (tertiary/aromatic N) is 5. The van der Waals surface area contributed by atoms with E-state index in [1.807, 2.05) is 35.8 Å². The minimum atomic E-state index is -2.37. The zero-order chi connectivity index (χ0) is 46.0. The molecule has 5 amide bonds. The highest BCUT2D eigenvalue weighted by Gasteiger charge is 2.61. The average Bonchev–Trinajstić information content (AvgIpc) is 3.87. The second-order valence-corrected chi connectivity index (χ2v) is 17.5. The van der Waals surface area contributed by atoms with Crippen LogP contribution in [0.2, 0.25) is 5.02 Å². The van der Waals surface area contributed by atoms with Gasteiger partial charge in [-0.25, -0.2) is 4.79 Å². The summed E-state index contributed by atoms with van der Waals surface area (Å²) in [6.45, 7) is 5.89. The standard InChI is InChI=1S/C46H45ClN8O9S/c1-25-26(2)65-43-37(25)39(29-14-16-30(47)17-15-29)50-32(40-53-52-27(3)54(40)43)22-35(57)48-20-7-8-21-49-36(58)24-63-33-13-9-12-31-38(33)42(60)55(41(31)59)46(19-18-34(56)51-44(46)61)45(62)64-23-28-10-5-4-6-11-28/h4-6,9-17,32,41,59H,7-8,18-24H2,1-3H3,(H,48,57)(H,49,58)(H,51,56,61)/t32-,41?,46-/m0/s1. The number of rotatable bonds is 15. The van der Waals surface area contributed by atoms with Crippen LogP contribution in [0, 0.1) is 20.8 Å². The summed E-state index contributed by atoms with van der Waals surface area (Å²) in [4.78, 5) is 86.8. The number of nitrogens with one attached hydrogen (secondary N) is 3. The van der Waals surface area contributed by atoms with Crippen LogP contribution in [0.5, 0.6) is 5.75 Å². The summed E-state index contributed by atoms with van der Waals surface area (Å²) in [6, 6.07) is 19.9. The predicted molar refractivity (Wildman–Crippen MR) is 238 cm³/mol. The molecule has 0 saturated carbocycles. The van der Waals surface area contributed by atoms with Gasteiger partial charge < -0.3 is 25.2 Å². The first-order valence-electron chi connectivity index (χ1n) is 21.0. The highest BCUT2D eigenvalue weighted by Crippen LogP contribution is 2.44. The van der Waals surface area contributed by atoms with Gasteiger partial charge >= 0.3 is 5.97 Å². The number of benzene rings is 3. The van der Waals surface area contributed by atoms with Crippen molar-refractivity contribution in [3.8, 4) is 10.8 Å². The fourth-order valence-electron chi connectivity index (χ4n) is 8.21. The average molecular weight is 921 g/mol. The first kappa shape index (κ1) is 44.8. The molecule has 0 bridgehead atoms. The third kappa shape index (κ3) is 8.76. The topological polar surface area (TPSA) is 224 Å². The number of hydrogen-bond donors (Lipinski definition) is 4. The number of thiophene rings is 1. The number of fused-ring (bicyclic) bond motifs is 4. The fourth-order valence-corrected chi connectivity index (χ4v) is 9.55. The van der Waals surface area contributed by atoms with Gasteiger partial charge in [-0.05, 0) is 69.4 Å². The number of aromatic nitrogens is 3. The van der Waals surface area contributed by atoms with E-state index < -0.39 is 60.4 Å². The molecular formula is C46H45ClN8O9S. The Morgan fingerprint density at radius 1 is 0.923 bits per heavy atom. The molecule has 2 aromatic heterocycles. The Bertz CT molecular complexity index is 2740. The number of aliphatic hydroxyl groups is 1. The molecule has 17 nitrogen and oxygen atoms in total. The van der Waals surface area contributed by atoms with E-state index in [4.69, 9.17) is 26.1 Å². The summed E-state index contributed by atoms with van der Waals surface area (Å²) in [5.74, 6) is -3.30. The number of aliphatic hydroxyl groups excluding tert-OH is 1. The van der Waals surface area contributed by atoms with Crippen LogP contribution < -0.4 is 20.7 Å². The van der Waals surface area contributed by atoms with E-state index in [0.717, 1.165) is 37.2 Å². The molecule has 65 heavy (non-hydrogen) atoms. The zero-order valence-corrected chi connectivity index (χ0v) is 37.3. The Kier molecular flexibility index (Phi) is 12.9.